The van der Waals surface area contributed by atoms with Gasteiger partial charge in [0.1, 0.15) is 6.04 Å². The fourth-order valence-electron chi connectivity index (χ4n) is 2.35. The standard InChI is InChI=1S/C16H26N2O2/c1-4-9-15(16(19)20-6-3)18(12-5-2)14-11-8-7-10-13(14)17/h7-8,10-11,15H,4-6,9,12,17H2,1-3H3. The van der Waals surface area contributed by atoms with Crippen LogP contribution in [-0.4, -0.2) is 25.2 Å². The van der Waals surface area contributed by atoms with Crippen molar-refractivity contribution in [3.63, 3.8) is 0 Å². The molecular formula is C16H26N2O2. The number of carbonyl (C=O) groups is 1. The normalized spacial score (nSPS) is 11.9. The van der Waals surface area contributed by atoms with Crippen molar-refractivity contribution in [1.29, 1.82) is 0 Å². The molecule has 0 saturated heterocycles. The van der Waals surface area contributed by atoms with Crippen molar-refractivity contribution in [2.75, 3.05) is 23.8 Å². The Kier molecular flexibility index (Phi) is 6.91. The van der Waals surface area contributed by atoms with Crippen molar-refractivity contribution in [2.45, 2.75) is 46.1 Å². The first-order valence-electron chi connectivity index (χ1n) is 7.43. The van der Waals surface area contributed by atoms with Crippen molar-refractivity contribution in [3.8, 4) is 0 Å². The largest absolute Gasteiger partial charge is 0.464 e. The molecule has 0 fully saturated rings. The summed E-state index contributed by atoms with van der Waals surface area (Å²) in [5.74, 6) is -0.161. The van der Waals surface area contributed by atoms with Gasteiger partial charge in [-0.3, -0.25) is 0 Å². The number of nitrogens with zero attached hydrogens (tertiary/aromatic N) is 1. The van der Waals surface area contributed by atoms with E-state index in [1.165, 1.54) is 0 Å². The van der Waals surface area contributed by atoms with Gasteiger partial charge in [0.2, 0.25) is 0 Å². The number of hydrogen-bond donors (Lipinski definition) is 1. The summed E-state index contributed by atoms with van der Waals surface area (Å²) in [5, 5.41) is 0. The maximum atomic E-state index is 12.2. The van der Waals surface area contributed by atoms with E-state index < -0.39 is 0 Å². The summed E-state index contributed by atoms with van der Waals surface area (Å²) in [4.78, 5) is 14.3. The summed E-state index contributed by atoms with van der Waals surface area (Å²) in [7, 11) is 0. The van der Waals surface area contributed by atoms with E-state index in [9.17, 15) is 4.79 Å². The molecule has 0 bridgehead atoms. The first-order valence-corrected chi connectivity index (χ1v) is 7.43. The molecule has 0 aromatic heterocycles. The first kappa shape index (κ1) is 16.3. The minimum atomic E-state index is -0.260. The molecule has 20 heavy (non-hydrogen) atoms. The lowest BCUT2D eigenvalue weighted by molar-refractivity contribution is -0.144. The Morgan fingerprint density at radius 2 is 1.95 bits per heavy atom. The van der Waals surface area contributed by atoms with Crippen molar-refractivity contribution in [1.82, 2.24) is 0 Å². The van der Waals surface area contributed by atoms with Gasteiger partial charge in [0.05, 0.1) is 18.0 Å². The SMILES string of the molecule is CCCC(C(=O)OCC)N(CCC)c1ccccc1N. The van der Waals surface area contributed by atoms with Crippen LogP contribution in [0.3, 0.4) is 0 Å². The summed E-state index contributed by atoms with van der Waals surface area (Å²) < 4.78 is 5.22. The lowest BCUT2D eigenvalue weighted by atomic mass is 10.1. The summed E-state index contributed by atoms with van der Waals surface area (Å²) in [6.45, 7) is 7.20. The molecule has 0 amide bonds. The number of carbonyl (C=O) groups excluding carboxylic acids is 1. The number of anilines is 2. The molecule has 1 unspecified atom stereocenters. The Bertz CT molecular complexity index is 421. The molecule has 1 rings (SSSR count). The van der Waals surface area contributed by atoms with E-state index in [1.54, 1.807) is 0 Å². The Morgan fingerprint density at radius 3 is 2.50 bits per heavy atom. The van der Waals surface area contributed by atoms with E-state index in [2.05, 4.69) is 18.7 Å². The highest BCUT2D eigenvalue weighted by molar-refractivity contribution is 5.82. The highest BCUT2D eigenvalue weighted by Gasteiger charge is 2.27. The average molecular weight is 278 g/mol. The lowest BCUT2D eigenvalue weighted by Crippen LogP contribution is -2.43. The van der Waals surface area contributed by atoms with Gasteiger partial charge in [0, 0.05) is 6.54 Å². The zero-order valence-corrected chi connectivity index (χ0v) is 12.8. The minimum absolute atomic E-state index is 0.161. The number of para-hydroxylation sites is 2. The van der Waals surface area contributed by atoms with Gasteiger partial charge in [0.25, 0.3) is 0 Å². The molecule has 0 aliphatic rings. The zero-order valence-electron chi connectivity index (χ0n) is 12.8. The maximum absolute atomic E-state index is 12.2. The van der Waals surface area contributed by atoms with Crippen molar-refractivity contribution in [2.24, 2.45) is 0 Å². The third-order valence-electron chi connectivity index (χ3n) is 3.21. The molecular weight excluding hydrogens is 252 g/mol. The average Bonchev–Trinajstić information content (AvgIpc) is 2.44. The molecule has 112 valence electrons. The van der Waals surface area contributed by atoms with Crippen LogP contribution in [0.15, 0.2) is 24.3 Å². The van der Waals surface area contributed by atoms with Gasteiger partial charge >= 0.3 is 5.97 Å². The second-order valence-corrected chi connectivity index (χ2v) is 4.81. The second-order valence-electron chi connectivity index (χ2n) is 4.81. The van der Waals surface area contributed by atoms with Gasteiger partial charge in [-0.25, -0.2) is 4.79 Å². The molecule has 1 aromatic carbocycles. The fourth-order valence-corrected chi connectivity index (χ4v) is 2.35. The van der Waals surface area contributed by atoms with E-state index in [1.807, 2.05) is 31.2 Å². The summed E-state index contributed by atoms with van der Waals surface area (Å²) in [6, 6.07) is 7.42. The molecule has 0 aliphatic heterocycles. The highest BCUT2D eigenvalue weighted by atomic mass is 16.5. The third kappa shape index (κ3) is 4.15. The van der Waals surface area contributed by atoms with Crippen LogP contribution in [-0.2, 0) is 9.53 Å². The Balaban J connectivity index is 3.07. The molecule has 4 nitrogen and oxygen atoms in total. The predicted molar refractivity (Wildman–Crippen MR) is 83.8 cm³/mol. The van der Waals surface area contributed by atoms with Crippen molar-refractivity contribution in [3.05, 3.63) is 24.3 Å². The van der Waals surface area contributed by atoms with Gasteiger partial charge in [0.15, 0.2) is 0 Å². The van der Waals surface area contributed by atoms with Crippen molar-refractivity contribution >= 4 is 17.3 Å². The number of benzene rings is 1. The Morgan fingerprint density at radius 1 is 1.25 bits per heavy atom. The van der Waals surface area contributed by atoms with Gasteiger partial charge in [-0.05, 0) is 31.9 Å². The molecule has 4 heteroatoms. The van der Waals surface area contributed by atoms with Crippen LogP contribution in [0, 0.1) is 0 Å². The summed E-state index contributed by atoms with van der Waals surface area (Å²) in [5.41, 5.74) is 7.68. The third-order valence-corrected chi connectivity index (χ3v) is 3.21. The molecule has 1 aromatic rings. The number of ether oxygens (including phenoxy) is 1. The van der Waals surface area contributed by atoms with Crippen LogP contribution in [0.4, 0.5) is 11.4 Å². The lowest BCUT2D eigenvalue weighted by Gasteiger charge is -2.32. The molecule has 0 heterocycles. The summed E-state index contributed by atoms with van der Waals surface area (Å²) in [6.07, 6.45) is 2.65. The second kappa shape index (κ2) is 8.46. The van der Waals surface area contributed by atoms with Crippen LogP contribution in [0.5, 0.6) is 0 Å². The smallest absolute Gasteiger partial charge is 0.328 e. The van der Waals surface area contributed by atoms with Gasteiger partial charge in [-0.15, -0.1) is 0 Å². The van der Waals surface area contributed by atoms with Crippen LogP contribution in [0.1, 0.15) is 40.0 Å². The van der Waals surface area contributed by atoms with Crippen LogP contribution >= 0.6 is 0 Å². The van der Waals surface area contributed by atoms with E-state index >= 15 is 0 Å². The zero-order chi connectivity index (χ0) is 15.0. The molecule has 0 saturated carbocycles. The maximum Gasteiger partial charge on any atom is 0.328 e. The van der Waals surface area contributed by atoms with E-state index in [0.29, 0.717) is 12.3 Å². The quantitative estimate of drug-likeness (QED) is 0.586. The van der Waals surface area contributed by atoms with Gasteiger partial charge in [-0.1, -0.05) is 32.4 Å². The van der Waals surface area contributed by atoms with Crippen LogP contribution < -0.4 is 10.6 Å². The Labute approximate surface area is 121 Å². The molecule has 1 atom stereocenters. The number of hydrogen-bond acceptors (Lipinski definition) is 4. The highest BCUT2D eigenvalue weighted by Crippen LogP contribution is 2.26. The minimum Gasteiger partial charge on any atom is -0.464 e. The summed E-state index contributed by atoms with van der Waals surface area (Å²) >= 11 is 0. The van der Waals surface area contributed by atoms with E-state index in [0.717, 1.165) is 31.5 Å². The van der Waals surface area contributed by atoms with E-state index in [-0.39, 0.29) is 12.0 Å². The topological polar surface area (TPSA) is 55.6 Å². The van der Waals surface area contributed by atoms with Gasteiger partial charge < -0.3 is 15.4 Å². The number of nitrogen functional groups attached to an aromatic ring is 1. The molecule has 0 aliphatic carbocycles. The number of rotatable bonds is 8. The van der Waals surface area contributed by atoms with Gasteiger partial charge in [-0.2, -0.15) is 0 Å². The van der Waals surface area contributed by atoms with Crippen LogP contribution in [0.25, 0.3) is 0 Å². The number of nitrogens with two attached hydrogens (primary N) is 1. The molecule has 0 radical (unpaired) electrons. The first-order chi connectivity index (χ1) is 9.65. The molecule has 2 N–H and O–H groups in total. The van der Waals surface area contributed by atoms with Crippen LogP contribution in [0.2, 0.25) is 0 Å². The Hall–Kier alpha value is -1.71. The number of esters is 1. The predicted octanol–water partition coefficient (Wildman–Crippen LogP) is 3.22. The monoisotopic (exact) mass is 278 g/mol. The van der Waals surface area contributed by atoms with E-state index in [4.69, 9.17) is 10.5 Å². The van der Waals surface area contributed by atoms with Crippen molar-refractivity contribution < 1.29 is 9.53 Å². The fraction of sp³-hybridized carbons (Fsp3) is 0.562. The molecule has 0 spiro atoms.